The summed E-state index contributed by atoms with van der Waals surface area (Å²) in [4.78, 5) is 3.29. The highest BCUT2D eigenvalue weighted by Crippen LogP contribution is 2.36. The maximum Gasteiger partial charge on any atom is 0.433 e. The van der Waals surface area contributed by atoms with E-state index in [1.54, 1.807) is 0 Å². The van der Waals surface area contributed by atoms with E-state index in [0.717, 1.165) is 6.20 Å². The molecule has 1 aromatic rings. The first kappa shape index (κ1) is 10.4. The van der Waals surface area contributed by atoms with E-state index in [1.165, 1.54) is 12.1 Å². The first-order valence-electron chi connectivity index (χ1n) is 4.39. The Labute approximate surface area is 83.9 Å². The Hall–Kier alpha value is -1.14. The average molecular weight is 218 g/mol. The number of nitrogens with zero attached hydrogens (tertiary/aromatic N) is 1. The van der Waals surface area contributed by atoms with Gasteiger partial charge < -0.3 is 10.4 Å². The van der Waals surface area contributed by atoms with Gasteiger partial charge in [-0.25, -0.2) is 0 Å². The SMILES string of the molecule is OC1(c2cccnc2C(F)(F)F)CNC1. The lowest BCUT2D eigenvalue weighted by molar-refractivity contribution is -0.145. The molecule has 0 amide bonds. The lowest BCUT2D eigenvalue weighted by Gasteiger charge is -2.38. The summed E-state index contributed by atoms with van der Waals surface area (Å²) in [5.74, 6) is 0. The molecule has 0 aliphatic carbocycles. The number of alkyl halides is 3. The highest BCUT2D eigenvalue weighted by atomic mass is 19.4. The fraction of sp³-hybridized carbons (Fsp3) is 0.444. The molecule has 3 nitrogen and oxygen atoms in total. The molecule has 15 heavy (non-hydrogen) atoms. The zero-order chi connectivity index (χ0) is 11.1. The van der Waals surface area contributed by atoms with Crippen LogP contribution >= 0.6 is 0 Å². The summed E-state index contributed by atoms with van der Waals surface area (Å²) in [7, 11) is 0. The molecule has 6 heteroatoms. The smallest absolute Gasteiger partial charge is 0.382 e. The number of rotatable bonds is 1. The molecule has 1 fully saturated rings. The fourth-order valence-electron chi connectivity index (χ4n) is 1.56. The molecule has 2 heterocycles. The maximum atomic E-state index is 12.5. The third-order valence-corrected chi connectivity index (χ3v) is 2.41. The predicted molar refractivity (Wildman–Crippen MR) is 46.0 cm³/mol. The molecular weight excluding hydrogens is 209 g/mol. The first-order chi connectivity index (χ1) is 6.93. The average Bonchev–Trinajstić information content (AvgIpc) is 2.13. The molecule has 0 radical (unpaired) electrons. The minimum absolute atomic E-state index is 0.127. The molecule has 1 aromatic heterocycles. The van der Waals surface area contributed by atoms with Crippen molar-refractivity contribution >= 4 is 0 Å². The number of nitrogens with one attached hydrogen (secondary N) is 1. The van der Waals surface area contributed by atoms with Gasteiger partial charge in [-0.05, 0) is 6.07 Å². The van der Waals surface area contributed by atoms with Gasteiger partial charge in [-0.15, -0.1) is 0 Å². The molecule has 1 aliphatic rings. The van der Waals surface area contributed by atoms with Crippen LogP contribution in [0.3, 0.4) is 0 Å². The molecule has 0 spiro atoms. The second-order valence-electron chi connectivity index (χ2n) is 3.53. The quantitative estimate of drug-likeness (QED) is 0.735. The fourth-order valence-corrected chi connectivity index (χ4v) is 1.56. The Morgan fingerprint density at radius 3 is 2.53 bits per heavy atom. The van der Waals surface area contributed by atoms with Crippen molar-refractivity contribution in [1.82, 2.24) is 10.3 Å². The molecule has 82 valence electrons. The molecule has 2 N–H and O–H groups in total. The summed E-state index contributed by atoms with van der Waals surface area (Å²) in [5.41, 5.74) is -2.59. The molecule has 0 unspecified atom stereocenters. The summed E-state index contributed by atoms with van der Waals surface area (Å²) >= 11 is 0. The normalized spacial score (nSPS) is 19.7. The van der Waals surface area contributed by atoms with Crippen LogP contribution in [-0.2, 0) is 11.8 Å². The molecule has 0 saturated carbocycles. The van der Waals surface area contributed by atoms with Gasteiger partial charge in [-0.3, -0.25) is 4.98 Å². The Bertz CT molecular complexity index is 374. The van der Waals surface area contributed by atoms with Crippen LogP contribution in [-0.4, -0.2) is 23.2 Å². The summed E-state index contributed by atoms with van der Waals surface area (Å²) in [6.45, 7) is 0.254. The van der Waals surface area contributed by atoms with Crippen molar-refractivity contribution in [2.24, 2.45) is 0 Å². The van der Waals surface area contributed by atoms with E-state index in [1.807, 2.05) is 0 Å². The van der Waals surface area contributed by atoms with Crippen molar-refractivity contribution in [2.75, 3.05) is 13.1 Å². The Morgan fingerprint density at radius 1 is 1.40 bits per heavy atom. The number of aliphatic hydroxyl groups is 1. The van der Waals surface area contributed by atoms with Crippen LogP contribution < -0.4 is 5.32 Å². The summed E-state index contributed by atoms with van der Waals surface area (Å²) in [5, 5.41) is 12.6. The van der Waals surface area contributed by atoms with Crippen molar-refractivity contribution in [3.63, 3.8) is 0 Å². The number of halogens is 3. The third-order valence-electron chi connectivity index (χ3n) is 2.41. The zero-order valence-electron chi connectivity index (χ0n) is 7.67. The minimum Gasteiger partial charge on any atom is -0.382 e. The van der Waals surface area contributed by atoms with Gasteiger partial charge in [0.1, 0.15) is 5.60 Å². The van der Waals surface area contributed by atoms with E-state index in [2.05, 4.69) is 10.3 Å². The standard InChI is InChI=1S/C9H9F3N2O/c10-9(11,12)7-6(2-1-3-14-7)8(15)4-13-5-8/h1-3,13,15H,4-5H2. The predicted octanol–water partition coefficient (Wildman–Crippen LogP) is 0.891. The van der Waals surface area contributed by atoms with Crippen LogP contribution in [0.15, 0.2) is 18.3 Å². The van der Waals surface area contributed by atoms with Crippen molar-refractivity contribution in [2.45, 2.75) is 11.8 Å². The third kappa shape index (κ3) is 1.70. The Kier molecular flexibility index (Phi) is 2.20. The topological polar surface area (TPSA) is 45.2 Å². The van der Waals surface area contributed by atoms with E-state index in [-0.39, 0.29) is 18.7 Å². The molecule has 2 rings (SSSR count). The van der Waals surface area contributed by atoms with Gasteiger partial charge >= 0.3 is 6.18 Å². The number of β-amino-alcohol motifs (C(OH)–C–C–N with tert-alkyl or cyclic N) is 1. The van der Waals surface area contributed by atoms with Crippen LogP contribution in [0.5, 0.6) is 0 Å². The summed E-state index contributed by atoms with van der Waals surface area (Å²) in [6.07, 6.45) is -3.45. The zero-order valence-corrected chi connectivity index (χ0v) is 7.67. The second-order valence-corrected chi connectivity index (χ2v) is 3.53. The molecule has 0 bridgehead atoms. The molecule has 1 aliphatic heterocycles. The second kappa shape index (κ2) is 3.18. The minimum atomic E-state index is -4.53. The number of aromatic nitrogens is 1. The largest absolute Gasteiger partial charge is 0.433 e. The van der Waals surface area contributed by atoms with E-state index >= 15 is 0 Å². The van der Waals surface area contributed by atoms with Crippen LogP contribution in [0.2, 0.25) is 0 Å². The van der Waals surface area contributed by atoms with Crippen molar-refractivity contribution in [1.29, 1.82) is 0 Å². The summed E-state index contributed by atoms with van der Waals surface area (Å²) in [6, 6.07) is 2.65. The van der Waals surface area contributed by atoms with Gasteiger partial charge in [0, 0.05) is 24.8 Å². The van der Waals surface area contributed by atoms with Crippen LogP contribution in [0.25, 0.3) is 0 Å². The van der Waals surface area contributed by atoms with Gasteiger partial charge in [0.25, 0.3) is 0 Å². The molecule has 1 saturated heterocycles. The van der Waals surface area contributed by atoms with Gasteiger partial charge in [0.15, 0.2) is 5.69 Å². The van der Waals surface area contributed by atoms with E-state index in [9.17, 15) is 18.3 Å². The number of pyridine rings is 1. The highest BCUT2D eigenvalue weighted by Gasteiger charge is 2.45. The maximum absolute atomic E-state index is 12.5. The lowest BCUT2D eigenvalue weighted by atomic mass is 9.87. The monoisotopic (exact) mass is 218 g/mol. The number of hydrogen-bond acceptors (Lipinski definition) is 3. The van der Waals surface area contributed by atoms with Crippen LogP contribution in [0.1, 0.15) is 11.3 Å². The first-order valence-corrected chi connectivity index (χ1v) is 4.39. The Morgan fingerprint density at radius 2 is 2.07 bits per heavy atom. The van der Waals surface area contributed by atoms with Crippen molar-refractivity contribution in [3.05, 3.63) is 29.6 Å². The molecule has 0 aromatic carbocycles. The van der Waals surface area contributed by atoms with Crippen LogP contribution in [0.4, 0.5) is 13.2 Å². The molecular formula is C9H9F3N2O. The number of hydrogen-bond donors (Lipinski definition) is 2. The van der Waals surface area contributed by atoms with Crippen LogP contribution in [0, 0.1) is 0 Å². The van der Waals surface area contributed by atoms with Crippen molar-refractivity contribution in [3.8, 4) is 0 Å². The van der Waals surface area contributed by atoms with Gasteiger partial charge in [0.05, 0.1) is 0 Å². The van der Waals surface area contributed by atoms with Gasteiger partial charge in [-0.2, -0.15) is 13.2 Å². The molecule has 0 atom stereocenters. The lowest BCUT2D eigenvalue weighted by Crippen LogP contribution is -2.57. The van der Waals surface area contributed by atoms with Gasteiger partial charge in [0.2, 0.25) is 0 Å². The van der Waals surface area contributed by atoms with E-state index < -0.39 is 17.5 Å². The van der Waals surface area contributed by atoms with Gasteiger partial charge in [-0.1, -0.05) is 6.07 Å². The van der Waals surface area contributed by atoms with E-state index in [0.29, 0.717) is 0 Å². The summed E-state index contributed by atoms with van der Waals surface area (Å²) < 4.78 is 37.6. The highest BCUT2D eigenvalue weighted by molar-refractivity contribution is 5.31. The Balaban J connectivity index is 2.47. The van der Waals surface area contributed by atoms with E-state index in [4.69, 9.17) is 0 Å². The van der Waals surface area contributed by atoms with Crippen molar-refractivity contribution < 1.29 is 18.3 Å².